The van der Waals surface area contributed by atoms with Gasteiger partial charge in [-0.25, -0.2) is 14.2 Å². The van der Waals surface area contributed by atoms with Crippen LogP contribution in [0.25, 0.3) is 11.5 Å². The Kier molecular flexibility index (Phi) is 3.90. The van der Waals surface area contributed by atoms with E-state index in [1.54, 1.807) is 6.07 Å². The number of benzene rings is 1. The second-order valence-electron chi connectivity index (χ2n) is 3.94. The summed E-state index contributed by atoms with van der Waals surface area (Å²) in [5, 5.41) is 8.71. The van der Waals surface area contributed by atoms with Gasteiger partial charge in [0, 0.05) is 5.25 Å². The van der Waals surface area contributed by atoms with Crippen molar-refractivity contribution in [2.45, 2.75) is 18.6 Å². The monoisotopic (exact) mass is 281 g/mol. The zero-order valence-corrected chi connectivity index (χ0v) is 11.0. The molecule has 1 atom stereocenters. The molecule has 0 aliphatic heterocycles. The molecule has 1 N–H and O–H groups in total. The number of halogens is 1. The first-order valence-corrected chi connectivity index (χ1v) is 6.23. The van der Waals surface area contributed by atoms with Gasteiger partial charge in [0.15, 0.2) is 0 Å². The molecule has 0 aliphatic rings. The molecule has 0 saturated carbocycles. The van der Waals surface area contributed by atoms with Gasteiger partial charge in [-0.2, -0.15) is 12.6 Å². The fourth-order valence-electron chi connectivity index (χ4n) is 1.65. The van der Waals surface area contributed by atoms with E-state index >= 15 is 0 Å². The van der Waals surface area contributed by atoms with Crippen molar-refractivity contribution in [1.82, 2.24) is 4.98 Å². The predicted molar refractivity (Wildman–Crippen MR) is 70.9 cm³/mol. The van der Waals surface area contributed by atoms with E-state index in [4.69, 9.17) is 9.52 Å². The average molecular weight is 281 g/mol. The molecular weight excluding hydrogens is 269 g/mol. The van der Waals surface area contributed by atoms with Gasteiger partial charge in [0.05, 0.1) is 5.56 Å². The van der Waals surface area contributed by atoms with Crippen LogP contribution < -0.4 is 0 Å². The number of oxazole rings is 1. The van der Waals surface area contributed by atoms with Crippen LogP contribution in [0.5, 0.6) is 0 Å². The van der Waals surface area contributed by atoms with E-state index in [2.05, 4.69) is 17.6 Å². The summed E-state index contributed by atoms with van der Waals surface area (Å²) in [6.07, 6.45) is 0.590. The molecule has 1 aromatic heterocycles. The Bertz CT molecular complexity index is 612. The number of hydrogen-bond donors (Lipinski definition) is 2. The van der Waals surface area contributed by atoms with Crippen LogP contribution in [0.4, 0.5) is 4.39 Å². The molecule has 6 heteroatoms. The van der Waals surface area contributed by atoms with E-state index in [0.29, 0.717) is 6.42 Å². The number of carboxylic acids is 1. The smallest absolute Gasteiger partial charge is 0.373 e. The molecule has 2 aromatic rings. The summed E-state index contributed by atoms with van der Waals surface area (Å²) < 4.78 is 18.8. The molecule has 0 spiro atoms. The topological polar surface area (TPSA) is 63.3 Å². The molecule has 2 rings (SSSR count). The number of thiol groups is 1. The van der Waals surface area contributed by atoms with E-state index in [9.17, 15) is 9.18 Å². The van der Waals surface area contributed by atoms with Crippen molar-refractivity contribution < 1.29 is 18.7 Å². The first kappa shape index (κ1) is 13.6. The molecule has 100 valence electrons. The van der Waals surface area contributed by atoms with E-state index in [1.807, 2.05) is 6.92 Å². The van der Waals surface area contributed by atoms with Gasteiger partial charge >= 0.3 is 5.97 Å². The summed E-state index contributed by atoms with van der Waals surface area (Å²) in [5.74, 6) is -2.09. The molecule has 1 unspecified atom stereocenters. The minimum Gasteiger partial charge on any atom is -0.475 e. The van der Waals surface area contributed by atoms with Crippen molar-refractivity contribution in [3.63, 3.8) is 0 Å². The van der Waals surface area contributed by atoms with Gasteiger partial charge in [0.2, 0.25) is 11.7 Å². The lowest BCUT2D eigenvalue weighted by Crippen LogP contribution is -2.01. The lowest BCUT2D eigenvalue weighted by molar-refractivity contribution is 0.0661. The van der Waals surface area contributed by atoms with Gasteiger partial charge in [0.25, 0.3) is 0 Å². The third-order valence-electron chi connectivity index (χ3n) is 2.65. The minimum atomic E-state index is -1.24. The van der Waals surface area contributed by atoms with E-state index < -0.39 is 11.8 Å². The normalized spacial score (nSPS) is 12.4. The highest BCUT2D eigenvalue weighted by atomic mass is 32.1. The molecule has 1 heterocycles. The first-order valence-electron chi connectivity index (χ1n) is 5.71. The zero-order chi connectivity index (χ0) is 14.0. The highest BCUT2D eigenvalue weighted by molar-refractivity contribution is 7.80. The zero-order valence-electron chi connectivity index (χ0n) is 10.1. The van der Waals surface area contributed by atoms with Crippen LogP contribution in [-0.4, -0.2) is 16.1 Å². The summed E-state index contributed by atoms with van der Waals surface area (Å²) >= 11 is 4.26. The Hall–Kier alpha value is -1.82. The number of nitrogens with zero attached hydrogens (tertiary/aromatic N) is 1. The second-order valence-corrected chi connectivity index (χ2v) is 4.57. The molecule has 19 heavy (non-hydrogen) atoms. The standard InChI is InChI=1S/C13H12FNO3S/c1-2-9(19)10-11(13(16)17)18-12(15-10)7-5-3-4-6-8(7)14/h3-6,9,19H,2H2,1H3,(H,16,17). The number of aromatic nitrogens is 1. The molecule has 0 fully saturated rings. The van der Waals surface area contributed by atoms with Crippen molar-refractivity contribution in [2.75, 3.05) is 0 Å². The molecule has 0 amide bonds. The third kappa shape index (κ3) is 2.63. The fraction of sp³-hybridized carbons (Fsp3) is 0.231. The average Bonchev–Trinajstić information content (AvgIpc) is 2.83. The second kappa shape index (κ2) is 5.44. The molecule has 0 aliphatic carbocycles. The van der Waals surface area contributed by atoms with E-state index in [1.165, 1.54) is 18.2 Å². The minimum absolute atomic E-state index is 0.0435. The molecular formula is C13H12FNO3S. The van der Waals surface area contributed by atoms with Crippen LogP contribution in [0.3, 0.4) is 0 Å². The van der Waals surface area contributed by atoms with Crippen LogP contribution in [0.2, 0.25) is 0 Å². The number of hydrogen-bond acceptors (Lipinski definition) is 4. The van der Waals surface area contributed by atoms with Crippen LogP contribution >= 0.6 is 12.6 Å². The number of rotatable bonds is 4. The van der Waals surface area contributed by atoms with Gasteiger partial charge in [-0.05, 0) is 18.6 Å². The van der Waals surface area contributed by atoms with Gasteiger partial charge < -0.3 is 9.52 Å². The van der Waals surface area contributed by atoms with E-state index in [-0.39, 0.29) is 28.2 Å². The maximum absolute atomic E-state index is 13.6. The fourth-order valence-corrected chi connectivity index (χ4v) is 1.83. The molecule has 0 bridgehead atoms. The Morgan fingerprint density at radius 3 is 2.79 bits per heavy atom. The van der Waals surface area contributed by atoms with E-state index in [0.717, 1.165) is 0 Å². The largest absolute Gasteiger partial charge is 0.475 e. The van der Waals surface area contributed by atoms with Crippen LogP contribution in [0, 0.1) is 5.82 Å². The molecule has 1 aromatic carbocycles. The highest BCUT2D eigenvalue weighted by Gasteiger charge is 2.25. The highest BCUT2D eigenvalue weighted by Crippen LogP contribution is 2.31. The molecule has 4 nitrogen and oxygen atoms in total. The summed E-state index contributed by atoms with van der Waals surface area (Å²) in [4.78, 5) is 15.2. The maximum Gasteiger partial charge on any atom is 0.373 e. The predicted octanol–water partition coefficient (Wildman–Crippen LogP) is 3.56. The first-order chi connectivity index (χ1) is 9.04. The lowest BCUT2D eigenvalue weighted by atomic mass is 10.2. The van der Waals surface area contributed by atoms with Crippen molar-refractivity contribution >= 4 is 18.6 Å². The van der Waals surface area contributed by atoms with Gasteiger partial charge in [-0.1, -0.05) is 19.1 Å². The molecule has 0 saturated heterocycles. The van der Waals surface area contributed by atoms with Gasteiger partial charge in [0.1, 0.15) is 11.5 Å². The Morgan fingerprint density at radius 1 is 1.53 bits per heavy atom. The van der Waals surface area contributed by atoms with Crippen molar-refractivity contribution in [3.05, 3.63) is 41.5 Å². The van der Waals surface area contributed by atoms with Crippen LogP contribution in [0.1, 0.15) is 34.8 Å². The number of carboxylic acid groups (broad SMARTS) is 1. The Morgan fingerprint density at radius 2 is 2.21 bits per heavy atom. The number of aromatic carboxylic acids is 1. The van der Waals surface area contributed by atoms with Crippen molar-refractivity contribution in [3.8, 4) is 11.5 Å². The van der Waals surface area contributed by atoms with Gasteiger partial charge in [-0.15, -0.1) is 0 Å². The van der Waals surface area contributed by atoms with Crippen LogP contribution in [0.15, 0.2) is 28.7 Å². The summed E-state index contributed by atoms with van der Waals surface area (Å²) in [5.41, 5.74) is 0.351. The molecule has 0 radical (unpaired) electrons. The quantitative estimate of drug-likeness (QED) is 0.841. The van der Waals surface area contributed by atoms with Crippen molar-refractivity contribution in [1.29, 1.82) is 0 Å². The van der Waals surface area contributed by atoms with Gasteiger partial charge in [-0.3, -0.25) is 0 Å². The van der Waals surface area contributed by atoms with Crippen molar-refractivity contribution in [2.24, 2.45) is 0 Å². The maximum atomic E-state index is 13.6. The number of carbonyl (C=O) groups is 1. The summed E-state index contributed by atoms with van der Waals surface area (Å²) in [6, 6.07) is 5.91. The third-order valence-corrected chi connectivity index (χ3v) is 3.26. The Balaban J connectivity index is 2.55. The lowest BCUT2D eigenvalue weighted by Gasteiger charge is -2.02. The summed E-state index contributed by atoms with van der Waals surface area (Å²) in [7, 11) is 0. The van der Waals surface area contributed by atoms with Crippen LogP contribution in [-0.2, 0) is 0 Å². The Labute approximate surface area is 114 Å². The summed E-state index contributed by atoms with van der Waals surface area (Å²) in [6.45, 7) is 1.85. The SMILES string of the molecule is CCC(S)c1nc(-c2ccccc2F)oc1C(=O)O.